The van der Waals surface area contributed by atoms with E-state index < -0.39 is 5.97 Å². The van der Waals surface area contributed by atoms with Gasteiger partial charge in [0, 0.05) is 6.42 Å². The summed E-state index contributed by atoms with van der Waals surface area (Å²) in [6.45, 7) is 2.23. The van der Waals surface area contributed by atoms with Crippen LogP contribution in [0.2, 0.25) is 0 Å². The number of carboxylic acids is 1. The van der Waals surface area contributed by atoms with E-state index in [2.05, 4.69) is 6.92 Å². The van der Waals surface area contributed by atoms with Gasteiger partial charge in [-0.3, -0.25) is 4.79 Å². The maximum atomic E-state index is 10.2. The first-order chi connectivity index (χ1) is 6.77. The zero-order chi connectivity index (χ0) is 10.6. The molecule has 0 fully saturated rings. The third-order valence-corrected chi connectivity index (χ3v) is 2.49. The summed E-state index contributed by atoms with van der Waals surface area (Å²) in [7, 11) is 0. The molecular weight excluding hydrogens is 204 g/mol. The van der Waals surface area contributed by atoms with Crippen LogP contribution in [0.1, 0.15) is 71.1 Å². The van der Waals surface area contributed by atoms with Crippen LogP contribution in [0.3, 0.4) is 0 Å². The third-order valence-electron chi connectivity index (χ3n) is 2.49. The first kappa shape index (κ1) is 20.8. The summed E-state index contributed by atoms with van der Waals surface area (Å²) in [5.41, 5.74) is 0. The number of carbonyl (C=O) groups is 1. The van der Waals surface area contributed by atoms with Crippen molar-refractivity contribution in [1.82, 2.24) is 12.3 Å². The first-order valence-corrected chi connectivity index (χ1v) is 5.99. The molecule has 4 nitrogen and oxygen atoms in total. The first-order valence-electron chi connectivity index (χ1n) is 5.99. The molecule has 0 aliphatic heterocycles. The van der Waals surface area contributed by atoms with Crippen LogP contribution in [-0.4, -0.2) is 11.1 Å². The molecular formula is C12H30N2O2. The van der Waals surface area contributed by atoms with E-state index in [0.717, 1.165) is 12.8 Å². The molecule has 0 aromatic heterocycles. The summed E-state index contributed by atoms with van der Waals surface area (Å²) >= 11 is 0. The van der Waals surface area contributed by atoms with Crippen molar-refractivity contribution < 1.29 is 9.90 Å². The van der Waals surface area contributed by atoms with Crippen LogP contribution in [-0.2, 0) is 4.79 Å². The van der Waals surface area contributed by atoms with E-state index >= 15 is 0 Å². The Morgan fingerprint density at radius 2 is 1.19 bits per heavy atom. The average molecular weight is 234 g/mol. The van der Waals surface area contributed by atoms with E-state index in [1.165, 1.54) is 44.9 Å². The van der Waals surface area contributed by atoms with Crippen LogP contribution < -0.4 is 12.3 Å². The summed E-state index contributed by atoms with van der Waals surface area (Å²) < 4.78 is 0. The maximum Gasteiger partial charge on any atom is 0.303 e. The molecule has 0 heterocycles. The second-order valence-corrected chi connectivity index (χ2v) is 3.97. The zero-order valence-electron chi connectivity index (χ0n) is 10.8. The Kier molecular flexibility index (Phi) is 21.8. The van der Waals surface area contributed by atoms with E-state index in [-0.39, 0.29) is 12.3 Å². The Balaban J connectivity index is -0.000000845. The smallest absolute Gasteiger partial charge is 0.303 e. The Hall–Kier alpha value is -0.610. The van der Waals surface area contributed by atoms with Crippen molar-refractivity contribution in [3.8, 4) is 0 Å². The van der Waals surface area contributed by atoms with E-state index in [4.69, 9.17) is 5.11 Å². The molecule has 0 unspecified atom stereocenters. The highest BCUT2D eigenvalue weighted by atomic mass is 16.4. The molecule has 0 bridgehead atoms. The SMILES string of the molecule is CCCCCCCCCCCC(=O)O.N.N. The molecule has 0 saturated carbocycles. The summed E-state index contributed by atoms with van der Waals surface area (Å²) in [6.07, 6.45) is 11.5. The summed E-state index contributed by atoms with van der Waals surface area (Å²) in [6, 6.07) is 0. The predicted octanol–water partition coefficient (Wildman–Crippen LogP) is 4.32. The molecule has 0 spiro atoms. The Labute approximate surface area is 100.0 Å². The Morgan fingerprint density at radius 1 is 0.812 bits per heavy atom. The van der Waals surface area contributed by atoms with Gasteiger partial charge in [-0.25, -0.2) is 0 Å². The lowest BCUT2D eigenvalue weighted by atomic mass is 10.1. The van der Waals surface area contributed by atoms with Crippen LogP contribution >= 0.6 is 0 Å². The number of aliphatic carboxylic acids is 1. The fourth-order valence-electron chi connectivity index (χ4n) is 1.59. The van der Waals surface area contributed by atoms with Gasteiger partial charge < -0.3 is 17.4 Å². The van der Waals surface area contributed by atoms with E-state index in [9.17, 15) is 4.79 Å². The highest BCUT2D eigenvalue weighted by molar-refractivity contribution is 5.66. The van der Waals surface area contributed by atoms with Crippen molar-refractivity contribution in [2.24, 2.45) is 0 Å². The van der Waals surface area contributed by atoms with Gasteiger partial charge in [0.1, 0.15) is 0 Å². The van der Waals surface area contributed by atoms with E-state index in [0.29, 0.717) is 6.42 Å². The van der Waals surface area contributed by atoms with Crippen LogP contribution in [0, 0.1) is 0 Å². The molecule has 16 heavy (non-hydrogen) atoms. The second-order valence-electron chi connectivity index (χ2n) is 3.97. The highest BCUT2D eigenvalue weighted by Crippen LogP contribution is 2.10. The van der Waals surface area contributed by atoms with Gasteiger partial charge in [-0.15, -0.1) is 0 Å². The Bertz CT molecular complexity index is 141. The summed E-state index contributed by atoms with van der Waals surface area (Å²) in [4.78, 5) is 10.2. The molecule has 0 aromatic carbocycles. The highest BCUT2D eigenvalue weighted by Gasteiger charge is 1.96. The molecule has 7 N–H and O–H groups in total. The van der Waals surface area contributed by atoms with Crippen LogP contribution in [0.25, 0.3) is 0 Å². The van der Waals surface area contributed by atoms with Crippen molar-refractivity contribution in [2.75, 3.05) is 0 Å². The number of rotatable bonds is 10. The molecule has 0 amide bonds. The largest absolute Gasteiger partial charge is 0.481 e. The molecule has 0 atom stereocenters. The van der Waals surface area contributed by atoms with Gasteiger partial charge in [-0.05, 0) is 6.42 Å². The minimum atomic E-state index is -0.659. The van der Waals surface area contributed by atoms with Gasteiger partial charge >= 0.3 is 5.97 Å². The fraction of sp³-hybridized carbons (Fsp3) is 0.917. The van der Waals surface area contributed by atoms with Crippen LogP contribution in [0.15, 0.2) is 0 Å². The lowest BCUT2D eigenvalue weighted by Gasteiger charge is -2.00. The van der Waals surface area contributed by atoms with E-state index in [1.807, 2.05) is 0 Å². The molecule has 0 aliphatic carbocycles. The van der Waals surface area contributed by atoms with Gasteiger partial charge in [0.25, 0.3) is 0 Å². The zero-order valence-corrected chi connectivity index (χ0v) is 10.8. The van der Waals surface area contributed by atoms with E-state index in [1.54, 1.807) is 0 Å². The molecule has 4 heteroatoms. The number of hydrogen-bond donors (Lipinski definition) is 3. The van der Waals surface area contributed by atoms with Crippen molar-refractivity contribution in [3.05, 3.63) is 0 Å². The van der Waals surface area contributed by atoms with Gasteiger partial charge in [-0.1, -0.05) is 58.3 Å². The average Bonchev–Trinajstić information content (AvgIpc) is 2.15. The third kappa shape index (κ3) is 19.0. The lowest BCUT2D eigenvalue weighted by molar-refractivity contribution is -0.137. The number of carboxylic acid groups (broad SMARTS) is 1. The van der Waals surface area contributed by atoms with Gasteiger partial charge in [0.05, 0.1) is 0 Å². The molecule has 0 saturated heterocycles. The van der Waals surface area contributed by atoms with Crippen LogP contribution in [0.4, 0.5) is 0 Å². The fourth-order valence-corrected chi connectivity index (χ4v) is 1.59. The number of hydrogen-bond acceptors (Lipinski definition) is 3. The monoisotopic (exact) mass is 234 g/mol. The van der Waals surface area contributed by atoms with Gasteiger partial charge in [0.15, 0.2) is 0 Å². The van der Waals surface area contributed by atoms with Crippen molar-refractivity contribution in [2.45, 2.75) is 71.1 Å². The van der Waals surface area contributed by atoms with Crippen molar-refractivity contribution >= 4 is 5.97 Å². The molecule has 0 aliphatic rings. The number of unbranched alkanes of at least 4 members (excludes halogenated alkanes) is 8. The summed E-state index contributed by atoms with van der Waals surface area (Å²) in [5.74, 6) is -0.659. The van der Waals surface area contributed by atoms with Crippen molar-refractivity contribution in [1.29, 1.82) is 0 Å². The second kappa shape index (κ2) is 16.8. The predicted molar refractivity (Wildman–Crippen MR) is 69.5 cm³/mol. The summed E-state index contributed by atoms with van der Waals surface area (Å²) in [5, 5.41) is 8.41. The van der Waals surface area contributed by atoms with Crippen LogP contribution in [0.5, 0.6) is 0 Å². The van der Waals surface area contributed by atoms with Crippen molar-refractivity contribution in [3.63, 3.8) is 0 Å². The molecule has 0 radical (unpaired) electrons. The molecule has 100 valence electrons. The molecule has 0 rings (SSSR count). The lowest BCUT2D eigenvalue weighted by Crippen LogP contribution is -1.93. The molecule has 0 aromatic rings. The quantitative estimate of drug-likeness (QED) is 0.489. The van der Waals surface area contributed by atoms with Gasteiger partial charge in [-0.2, -0.15) is 0 Å². The normalized spacial score (nSPS) is 9.06. The maximum absolute atomic E-state index is 10.2. The topological polar surface area (TPSA) is 107 Å². The van der Waals surface area contributed by atoms with Gasteiger partial charge in [0.2, 0.25) is 0 Å². The minimum Gasteiger partial charge on any atom is -0.481 e. The standard InChI is InChI=1S/C12H24O2.2H3N/c1-2-3-4-5-6-7-8-9-10-11-12(13)14;;/h2-11H2,1H3,(H,13,14);2*1H3. The minimum absolute atomic E-state index is 0. The Morgan fingerprint density at radius 3 is 1.56 bits per heavy atom.